The van der Waals surface area contributed by atoms with Crippen LogP contribution in [0.2, 0.25) is 0 Å². The number of carboxylic acid groups (broad SMARTS) is 1. The molecule has 7 atom stereocenters. The van der Waals surface area contributed by atoms with Crippen LogP contribution in [0.5, 0.6) is 0 Å². The molecule has 7 unspecified atom stereocenters. The quantitative estimate of drug-likeness (QED) is 0.140. The van der Waals surface area contributed by atoms with Gasteiger partial charge in [0.1, 0.15) is 6.61 Å². The fourth-order valence-corrected chi connectivity index (χ4v) is 5.44. The molecule has 10 nitrogen and oxygen atoms in total. The maximum atomic E-state index is 12.9. The molecule has 248 valence electrons. The summed E-state index contributed by atoms with van der Waals surface area (Å²) in [7, 11) is 0. The first-order valence-corrected chi connectivity index (χ1v) is 15.8. The van der Waals surface area contributed by atoms with Gasteiger partial charge in [0.15, 0.2) is 0 Å². The number of benzene rings is 1. The lowest BCUT2D eigenvalue weighted by Gasteiger charge is -2.16. The van der Waals surface area contributed by atoms with E-state index in [-0.39, 0.29) is 43.5 Å². The molecule has 1 aromatic rings. The largest absolute Gasteiger partial charge is 0.550 e. The van der Waals surface area contributed by atoms with Gasteiger partial charge in [-0.1, -0.05) is 62.4 Å². The van der Waals surface area contributed by atoms with Gasteiger partial charge in [0.25, 0.3) is 0 Å². The van der Waals surface area contributed by atoms with Crippen LogP contribution in [0.1, 0.15) is 50.7 Å². The van der Waals surface area contributed by atoms with Crippen molar-refractivity contribution < 1.29 is 43.2 Å². The minimum atomic E-state index is -1.17. The monoisotopic (exact) mass is 626 g/mol. The van der Waals surface area contributed by atoms with E-state index in [1.54, 1.807) is 18.2 Å². The molecule has 2 saturated heterocycles. The minimum absolute atomic E-state index is 0.161. The minimum Gasteiger partial charge on any atom is -0.550 e. The molecular formula is C35H48NO9-. The molecule has 0 bridgehead atoms. The average molecular weight is 627 g/mol. The van der Waals surface area contributed by atoms with Crippen LogP contribution in [0, 0.1) is 17.8 Å². The first-order chi connectivity index (χ1) is 21.6. The maximum Gasteiger partial charge on any atom is 0.313 e. The molecule has 0 aromatic heterocycles. The Morgan fingerprint density at radius 3 is 2.16 bits per heavy atom. The number of carboxylic acids is 1. The van der Waals surface area contributed by atoms with Gasteiger partial charge in [-0.3, -0.25) is 9.59 Å². The Labute approximate surface area is 266 Å². The first kappa shape index (κ1) is 36.2. The van der Waals surface area contributed by atoms with E-state index in [1.165, 1.54) is 11.6 Å². The van der Waals surface area contributed by atoms with Crippen LogP contribution >= 0.6 is 0 Å². The highest BCUT2D eigenvalue weighted by atomic mass is 16.6. The summed E-state index contributed by atoms with van der Waals surface area (Å²) in [5, 5.41) is 14.2. The van der Waals surface area contributed by atoms with E-state index >= 15 is 0 Å². The van der Waals surface area contributed by atoms with E-state index in [0.29, 0.717) is 38.7 Å². The van der Waals surface area contributed by atoms with Crippen LogP contribution in [0.25, 0.3) is 0 Å². The van der Waals surface area contributed by atoms with Crippen molar-refractivity contribution in [3.05, 3.63) is 72.9 Å². The Hall–Kier alpha value is -3.31. The predicted octanol–water partition coefficient (Wildman–Crippen LogP) is 2.91. The number of ether oxygens (including phenoxy) is 5. The molecular weight excluding hydrogens is 578 g/mol. The lowest BCUT2D eigenvalue weighted by Crippen LogP contribution is -2.36. The van der Waals surface area contributed by atoms with Gasteiger partial charge < -0.3 is 38.9 Å². The first-order valence-electron chi connectivity index (χ1n) is 15.8. The van der Waals surface area contributed by atoms with Gasteiger partial charge in [0, 0.05) is 18.4 Å². The van der Waals surface area contributed by atoms with Crippen molar-refractivity contribution in [3.63, 3.8) is 0 Å². The fraction of sp³-hybridized carbons (Fsp3) is 0.571. The second kappa shape index (κ2) is 18.6. The van der Waals surface area contributed by atoms with Gasteiger partial charge in [-0.2, -0.15) is 0 Å². The van der Waals surface area contributed by atoms with E-state index in [4.69, 9.17) is 23.7 Å². The van der Waals surface area contributed by atoms with Gasteiger partial charge in [0.2, 0.25) is 5.91 Å². The van der Waals surface area contributed by atoms with Crippen molar-refractivity contribution in [2.45, 2.75) is 70.4 Å². The van der Waals surface area contributed by atoms with Crippen molar-refractivity contribution in [1.29, 1.82) is 0 Å². The van der Waals surface area contributed by atoms with Gasteiger partial charge in [-0.15, -0.1) is 13.2 Å². The summed E-state index contributed by atoms with van der Waals surface area (Å²) >= 11 is 0. The number of aliphatic carboxylic acids is 1. The van der Waals surface area contributed by atoms with E-state index in [9.17, 15) is 19.5 Å². The summed E-state index contributed by atoms with van der Waals surface area (Å²) < 4.78 is 28.1. The molecule has 2 fully saturated rings. The van der Waals surface area contributed by atoms with Gasteiger partial charge in [0.05, 0.1) is 62.7 Å². The molecule has 1 amide bonds. The standard InChI is InChI=1S/C35H49NO9/c1-6-27-21-29(32(44-27)13-12-28-22-30(34(38)39)31(7-2)45-28)33(37)36-14-15-41-16-17-42-18-19-43-35(40)24(5)26-10-8-25(9-11-26)20-23(3)4/h6-13,23-24,27-32H,1-2,14-22H2,3-5H3,(H,36,37)(H,38,39)/p-1/b13-12-. The molecule has 45 heavy (non-hydrogen) atoms. The predicted molar refractivity (Wildman–Crippen MR) is 167 cm³/mol. The number of amides is 1. The third kappa shape index (κ3) is 11.5. The van der Waals surface area contributed by atoms with E-state index < -0.39 is 36.1 Å². The Bertz CT molecular complexity index is 1150. The number of hydrogen-bond acceptors (Lipinski definition) is 9. The Morgan fingerprint density at radius 1 is 0.889 bits per heavy atom. The topological polar surface area (TPSA) is 132 Å². The zero-order valence-corrected chi connectivity index (χ0v) is 26.7. The average Bonchev–Trinajstić information content (AvgIpc) is 3.64. The molecule has 2 heterocycles. The highest BCUT2D eigenvalue weighted by Crippen LogP contribution is 2.31. The van der Waals surface area contributed by atoms with Gasteiger partial charge in [-0.25, -0.2) is 0 Å². The summed E-state index contributed by atoms with van der Waals surface area (Å²) in [6.07, 6.45) is 6.56. The Balaban J connectivity index is 1.27. The highest BCUT2D eigenvalue weighted by molar-refractivity contribution is 5.80. The van der Waals surface area contributed by atoms with Crippen molar-refractivity contribution in [2.75, 3.05) is 39.6 Å². The van der Waals surface area contributed by atoms with Crippen LogP contribution in [0.15, 0.2) is 61.7 Å². The molecule has 2 aliphatic rings. The molecule has 0 saturated carbocycles. The summed E-state index contributed by atoms with van der Waals surface area (Å²) in [4.78, 5) is 36.6. The molecule has 0 radical (unpaired) electrons. The number of rotatable bonds is 19. The molecule has 1 aromatic carbocycles. The number of carbonyl (C=O) groups excluding carboxylic acids is 3. The van der Waals surface area contributed by atoms with Crippen molar-refractivity contribution in [2.24, 2.45) is 17.8 Å². The van der Waals surface area contributed by atoms with Crippen LogP contribution in [0.3, 0.4) is 0 Å². The maximum absolute atomic E-state index is 12.9. The molecule has 10 heteroatoms. The summed E-state index contributed by atoms with van der Waals surface area (Å²) in [5.41, 5.74) is 2.18. The number of hydrogen-bond donors (Lipinski definition) is 1. The lowest BCUT2D eigenvalue weighted by molar-refractivity contribution is -0.312. The van der Waals surface area contributed by atoms with E-state index in [0.717, 1.165) is 12.0 Å². The molecule has 2 aliphatic heterocycles. The SMILES string of the molecule is C=CC1CC(C(=O)NCCOCCOCCOC(=O)C(C)c2ccc(CC(C)C)cc2)C(/C=C\C2CC(C(=O)[O-])C(C=C)O2)O1. The number of esters is 1. The second-order valence-electron chi connectivity index (χ2n) is 11.9. The molecule has 0 aliphatic carbocycles. The third-order valence-electron chi connectivity index (χ3n) is 7.95. The van der Waals surface area contributed by atoms with Gasteiger partial charge >= 0.3 is 5.97 Å². The van der Waals surface area contributed by atoms with E-state index in [1.807, 2.05) is 19.1 Å². The number of carbonyl (C=O) groups is 3. The smallest absolute Gasteiger partial charge is 0.313 e. The van der Waals surface area contributed by atoms with E-state index in [2.05, 4.69) is 44.5 Å². The Morgan fingerprint density at radius 2 is 1.53 bits per heavy atom. The van der Waals surface area contributed by atoms with Crippen molar-refractivity contribution in [1.82, 2.24) is 5.32 Å². The highest BCUT2D eigenvalue weighted by Gasteiger charge is 2.38. The normalized spacial score (nSPS) is 25.3. The third-order valence-corrected chi connectivity index (χ3v) is 7.95. The Kier molecular flexibility index (Phi) is 15.0. The molecule has 3 rings (SSSR count). The van der Waals surface area contributed by atoms with Crippen molar-refractivity contribution >= 4 is 17.8 Å². The summed E-state index contributed by atoms with van der Waals surface area (Å²) in [6, 6.07) is 8.10. The van der Waals surface area contributed by atoms with Crippen LogP contribution in [-0.2, 0) is 44.5 Å². The zero-order chi connectivity index (χ0) is 32.8. The zero-order valence-electron chi connectivity index (χ0n) is 26.7. The number of nitrogens with one attached hydrogen (secondary N) is 1. The summed E-state index contributed by atoms with van der Waals surface area (Å²) in [6.45, 7) is 15.3. The van der Waals surface area contributed by atoms with Gasteiger partial charge in [-0.05, 0) is 43.2 Å². The van der Waals surface area contributed by atoms with Crippen LogP contribution < -0.4 is 10.4 Å². The lowest BCUT2D eigenvalue weighted by atomic mass is 9.96. The molecule has 0 spiro atoms. The van der Waals surface area contributed by atoms with Crippen molar-refractivity contribution in [3.8, 4) is 0 Å². The summed E-state index contributed by atoms with van der Waals surface area (Å²) in [5.74, 6) is -2.59. The van der Waals surface area contributed by atoms with Crippen LogP contribution in [0.4, 0.5) is 0 Å². The second-order valence-corrected chi connectivity index (χ2v) is 11.9. The molecule has 1 N–H and O–H groups in total. The van der Waals surface area contributed by atoms with Crippen LogP contribution in [-0.4, -0.2) is 81.8 Å². The fourth-order valence-electron chi connectivity index (χ4n) is 5.44.